The van der Waals surface area contributed by atoms with Crippen molar-refractivity contribution < 1.29 is 28.8 Å². The van der Waals surface area contributed by atoms with Gasteiger partial charge in [0.1, 0.15) is 0 Å². The van der Waals surface area contributed by atoms with Gasteiger partial charge in [-0.05, 0) is 60.0 Å². The van der Waals surface area contributed by atoms with E-state index in [2.05, 4.69) is 5.32 Å². The van der Waals surface area contributed by atoms with Crippen molar-refractivity contribution in [1.29, 1.82) is 0 Å². The number of imide groups is 1. The van der Waals surface area contributed by atoms with Crippen LogP contribution in [0.1, 0.15) is 43.4 Å². The molecule has 3 aromatic carbocycles. The number of nitrogens with zero attached hydrogens (tertiary/aromatic N) is 2. The molecule has 1 aliphatic heterocycles. The molecule has 0 atom stereocenters. The molecule has 0 saturated carbocycles. The Morgan fingerprint density at radius 2 is 1.78 bits per heavy atom. The lowest BCUT2D eigenvalue weighted by molar-refractivity contribution is -0.385. The number of amides is 3. The summed E-state index contributed by atoms with van der Waals surface area (Å²) in [5, 5.41) is 13.7. The molecule has 0 aliphatic carbocycles. The molecule has 1 heterocycles. The van der Waals surface area contributed by atoms with E-state index < -0.39 is 16.1 Å². The molecule has 10 nitrogen and oxygen atoms in total. The fourth-order valence-corrected chi connectivity index (χ4v) is 5.06. The molecular formula is C30H29N3O7S. The standard InChI is InChI=1S/C30H29N3O7S/c1-4-39-26-15-20(13-14-25(26)40-18-28(34)31-23-11-7-6-10-22(23)19(2)3)16-27-29(35)32(30(36)41-27)17-21-9-5-8-12-24(21)33(37)38/h5-16,19H,4,17-18H2,1-3H3,(H,31,34)/b27-16+. The van der Waals surface area contributed by atoms with E-state index in [4.69, 9.17) is 9.47 Å². The van der Waals surface area contributed by atoms with Crippen LogP contribution in [0.15, 0.2) is 71.6 Å². The first-order chi connectivity index (χ1) is 19.7. The molecule has 1 aliphatic rings. The largest absolute Gasteiger partial charge is 0.490 e. The van der Waals surface area contributed by atoms with Crippen molar-refractivity contribution in [3.05, 3.63) is 98.4 Å². The van der Waals surface area contributed by atoms with Crippen molar-refractivity contribution in [1.82, 2.24) is 4.90 Å². The molecule has 41 heavy (non-hydrogen) atoms. The first-order valence-corrected chi connectivity index (χ1v) is 13.8. The molecule has 1 fully saturated rings. The minimum absolute atomic E-state index is 0.162. The predicted octanol–water partition coefficient (Wildman–Crippen LogP) is 6.37. The number of para-hydroxylation sites is 2. The Labute approximate surface area is 241 Å². The lowest BCUT2D eigenvalue weighted by Crippen LogP contribution is -2.27. The van der Waals surface area contributed by atoms with E-state index in [0.29, 0.717) is 23.7 Å². The zero-order valence-corrected chi connectivity index (χ0v) is 23.6. The van der Waals surface area contributed by atoms with Gasteiger partial charge in [0, 0.05) is 17.3 Å². The number of nitrogens with one attached hydrogen (secondary N) is 1. The number of rotatable bonds is 11. The van der Waals surface area contributed by atoms with Crippen molar-refractivity contribution in [2.75, 3.05) is 18.5 Å². The highest BCUT2D eigenvalue weighted by atomic mass is 32.2. The van der Waals surface area contributed by atoms with Crippen molar-refractivity contribution in [2.45, 2.75) is 33.2 Å². The molecule has 11 heteroatoms. The Morgan fingerprint density at radius 3 is 2.51 bits per heavy atom. The lowest BCUT2D eigenvalue weighted by Gasteiger charge is -2.15. The van der Waals surface area contributed by atoms with Gasteiger partial charge in [0.05, 0.1) is 23.0 Å². The van der Waals surface area contributed by atoms with E-state index >= 15 is 0 Å². The maximum atomic E-state index is 13.0. The van der Waals surface area contributed by atoms with Crippen LogP contribution in [0.25, 0.3) is 6.08 Å². The molecule has 0 spiro atoms. The summed E-state index contributed by atoms with van der Waals surface area (Å²) in [7, 11) is 0. The number of carbonyl (C=O) groups excluding carboxylic acids is 3. The second kappa shape index (κ2) is 13.1. The summed E-state index contributed by atoms with van der Waals surface area (Å²) >= 11 is 0.755. The number of benzene rings is 3. The van der Waals surface area contributed by atoms with Gasteiger partial charge in [0.15, 0.2) is 18.1 Å². The van der Waals surface area contributed by atoms with Crippen molar-refractivity contribution >= 4 is 46.3 Å². The highest BCUT2D eigenvalue weighted by molar-refractivity contribution is 8.18. The third kappa shape index (κ3) is 7.12. The summed E-state index contributed by atoms with van der Waals surface area (Å²) in [6.07, 6.45) is 1.55. The molecule has 212 valence electrons. The number of thioether (sulfide) groups is 1. The maximum absolute atomic E-state index is 13.0. The maximum Gasteiger partial charge on any atom is 0.293 e. The molecule has 3 aromatic rings. The fourth-order valence-electron chi connectivity index (χ4n) is 4.23. The molecule has 4 rings (SSSR count). The molecule has 0 unspecified atom stereocenters. The first kappa shape index (κ1) is 29.3. The number of nitro groups is 1. The van der Waals surface area contributed by atoms with E-state index in [1.54, 1.807) is 37.3 Å². The van der Waals surface area contributed by atoms with Crippen LogP contribution in [0.5, 0.6) is 11.5 Å². The van der Waals surface area contributed by atoms with Gasteiger partial charge in [-0.1, -0.05) is 56.3 Å². The minimum atomic E-state index is -0.546. The quantitative estimate of drug-likeness (QED) is 0.159. The van der Waals surface area contributed by atoms with E-state index in [-0.39, 0.29) is 41.1 Å². The average molecular weight is 576 g/mol. The third-order valence-corrected chi connectivity index (χ3v) is 7.08. The Balaban J connectivity index is 1.46. The highest BCUT2D eigenvalue weighted by Gasteiger charge is 2.36. The molecule has 0 radical (unpaired) electrons. The summed E-state index contributed by atoms with van der Waals surface area (Å²) in [4.78, 5) is 50.2. The SMILES string of the molecule is CCOc1cc(/C=C2/SC(=O)N(Cc3ccccc3[N+](=O)[O-])C2=O)ccc1OCC(=O)Nc1ccccc1C(C)C. The molecule has 0 aromatic heterocycles. The topological polar surface area (TPSA) is 128 Å². The summed E-state index contributed by atoms with van der Waals surface area (Å²) in [6.45, 7) is 5.79. The van der Waals surface area contributed by atoms with Gasteiger partial charge in [-0.2, -0.15) is 0 Å². The van der Waals surface area contributed by atoms with Crippen LogP contribution in [0.2, 0.25) is 0 Å². The van der Waals surface area contributed by atoms with Gasteiger partial charge < -0.3 is 14.8 Å². The average Bonchev–Trinajstić information content (AvgIpc) is 3.20. The van der Waals surface area contributed by atoms with Gasteiger partial charge in [-0.3, -0.25) is 29.4 Å². The Morgan fingerprint density at radius 1 is 1.05 bits per heavy atom. The second-order valence-electron chi connectivity index (χ2n) is 9.37. The monoisotopic (exact) mass is 575 g/mol. The Kier molecular flexibility index (Phi) is 9.41. The summed E-state index contributed by atoms with van der Waals surface area (Å²) in [5.74, 6) is 0.0890. The second-order valence-corrected chi connectivity index (χ2v) is 10.4. The minimum Gasteiger partial charge on any atom is -0.490 e. The zero-order valence-electron chi connectivity index (χ0n) is 22.8. The van der Waals surface area contributed by atoms with Gasteiger partial charge in [-0.25, -0.2) is 0 Å². The third-order valence-electron chi connectivity index (χ3n) is 6.17. The fraction of sp³-hybridized carbons (Fsp3) is 0.233. The van der Waals surface area contributed by atoms with Crippen LogP contribution < -0.4 is 14.8 Å². The molecule has 0 bridgehead atoms. The van der Waals surface area contributed by atoms with E-state index in [1.807, 2.05) is 38.1 Å². The smallest absolute Gasteiger partial charge is 0.293 e. The molecular weight excluding hydrogens is 546 g/mol. The number of ether oxygens (including phenoxy) is 2. The molecule has 1 saturated heterocycles. The summed E-state index contributed by atoms with van der Waals surface area (Å²) < 4.78 is 11.5. The number of anilines is 1. The lowest BCUT2D eigenvalue weighted by atomic mass is 10.0. The van der Waals surface area contributed by atoms with Crippen LogP contribution in [-0.2, 0) is 16.1 Å². The van der Waals surface area contributed by atoms with Crippen molar-refractivity contribution in [2.24, 2.45) is 0 Å². The number of nitro benzene ring substituents is 1. The van der Waals surface area contributed by atoms with Gasteiger partial charge in [0.25, 0.3) is 22.7 Å². The summed E-state index contributed by atoms with van der Waals surface area (Å²) in [5.41, 5.74) is 2.43. The van der Waals surface area contributed by atoms with E-state index in [0.717, 1.165) is 27.9 Å². The summed E-state index contributed by atoms with van der Waals surface area (Å²) in [6, 6.07) is 18.5. The number of hydrogen-bond acceptors (Lipinski definition) is 8. The van der Waals surface area contributed by atoms with Crippen LogP contribution in [0.3, 0.4) is 0 Å². The van der Waals surface area contributed by atoms with Crippen molar-refractivity contribution in [3.8, 4) is 11.5 Å². The van der Waals surface area contributed by atoms with E-state index in [1.165, 1.54) is 18.2 Å². The number of carbonyl (C=O) groups is 3. The Hall–Kier alpha value is -4.64. The van der Waals surface area contributed by atoms with Crippen molar-refractivity contribution in [3.63, 3.8) is 0 Å². The zero-order chi connectivity index (χ0) is 29.5. The van der Waals surface area contributed by atoms with Crippen LogP contribution in [0, 0.1) is 10.1 Å². The molecule has 1 N–H and O–H groups in total. The highest BCUT2D eigenvalue weighted by Crippen LogP contribution is 2.36. The first-order valence-electron chi connectivity index (χ1n) is 12.9. The van der Waals surface area contributed by atoms with Gasteiger partial charge in [0.2, 0.25) is 0 Å². The van der Waals surface area contributed by atoms with Gasteiger partial charge >= 0.3 is 0 Å². The Bertz CT molecular complexity index is 1520. The van der Waals surface area contributed by atoms with E-state index in [9.17, 15) is 24.5 Å². The van der Waals surface area contributed by atoms with Crippen LogP contribution in [0.4, 0.5) is 16.2 Å². The van der Waals surface area contributed by atoms with Crippen LogP contribution in [-0.4, -0.2) is 40.1 Å². The molecule has 3 amide bonds. The predicted molar refractivity (Wildman–Crippen MR) is 157 cm³/mol. The van der Waals surface area contributed by atoms with Crippen LogP contribution >= 0.6 is 11.8 Å². The normalized spacial score (nSPS) is 14.0. The number of hydrogen-bond donors (Lipinski definition) is 1. The van der Waals surface area contributed by atoms with Gasteiger partial charge in [-0.15, -0.1) is 0 Å².